The van der Waals surface area contributed by atoms with Crippen LogP contribution in [0, 0.1) is 0 Å². The summed E-state index contributed by atoms with van der Waals surface area (Å²) in [4.78, 5) is 2.39. The molecule has 0 radical (unpaired) electrons. The average Bonchev–Trinajstić information content (AvgIpc) is 3.83. The van der Waals surface area contributed by atoms with Gasteiger partial charge in [-0.1, -0.05) is 152 Å². The van der Waals surface area contributed by atoms with Crippen molar-refractivity contribution in [1.82, 2.24) is 0 Å². The van der Waals surface area contributed by atoms with Crippen molar-refractivity contribution < 1.29 is 8.83 Å². The van der Waals surface area contributed by atoms with Gasteiger partial charge in [-0.05, 0) is 81.7 Å². The van der Waals surface area contributed by atoms with Crippen LogP contribution in [0.4, 0.5) is 17.1 Å². The van der Waals surface area contributed by atoms with Crippen LogP contribution in [0.25, 0.3) is 88.0 Å². The molecule has 55 heavy (non-hydrogen) atoms. The predicted molar refractivity (Wildman–Crippen MR) is 229 cm³/mol. The largest absolute Gasteiger partial charge is 0.456 e. The van der Waals surface area contributed by atoms with Gasteiger partial charge in [0.1, 0.15) is 22.3 Å². The third kappa shape index (κ3) is 5.13. The molecule has 3 heteroatoms. The molecule has 9 aromatic carbocycles. The summed E-state index contributed by atoms with van der Waals surface area (Å²) in [5.41, 5.74) is 13.7. The first-order chi connectivity index (χ1) is 27.3. The molecule has 0 spiro atoms. The molecule has 11 rings (SSSR count). The Labute approximate surface area is 317 Å². The van der Waals surface area contributed by atoms with Crippen molar-refractivity contribution in [3.63, 3.8) is 0 Å². The minimum Gasteiger partial charge on any atom is -0.456 e. The van der Waals surface area contributed by atoms with Crippen molar-refractivity contribution in [2.24, 2.45) is 0 Å². The Hall–Kier alpha value is -7.36. The summed E-state index contributed by atoms with van der Waals surface area (Å²) in [6.45, 7) is 0. The normalized spacial score (nSPS) is 11.6. The molecule has 0 bridgehead atoms. The van der Waals surface area contributed by atoms with Gasteiger partial charge >= 0.3 is 0 Å². The summed E-state index contributed by atoms with van der Waals surface area (Å²) < 4.78 is 12.9. The van der Waals surface area contributed by atoms with Crippen LogP contribution in [0.5, 0.6) is 0 Å². The van der Waals surface area contributed by atoms with E-state index < -0.39 is 0 Å². The summed E-state index contributed by atoms with van der Waals surface area (Å²) in [5.74, 6) is 0. The molecular formula is C52H33NO2. The standard InChI is InChI=1S/C52H33NO2/c1-3-13-35(14-4-1)39-30-31-46(42-18-8-7-17-41(39)42)53(47-22-12-24-50-51(47)44-19-9-10-23-48(44)54-50)38-28-25-34(26-29-38)37-27-32-49-45(33-37)43-21-11-20-40(52(43)55-49)36-15-5-2-6-16-36/h1-33H. The van der Waals surface area contributed by atoms with Gasteiger partial charge in [0.05, 0.1) is 16.8 Å². The van der Waals surface area contributed by atoms with Crippen molar-refractivity contribution in [3.8, 4) is 33.4 Å². The lowest BCUT2D eigenvalue weighted by Gasteiger charge is -2.28. The van der Waals surface area contributed by atoms with Crippen molar-refractivity contribution in [1.29, 1.82) is 0 Å². The first-order valence-electron chi connectivity index (χ1n) is 18.7. The highest BCUT2D eigenvalue weighted by Gasteiger charge is 2.22. The highest BCUT2D eigenvalue weighted by atomic mass is 16.3. The van der Waals surface area contributed by atoms with Gasteiger partial charge in [-0.3, -0.25) is 0 Å². The van der Waals surface area contributed by atoms with Crippen molar-refractivity contribution in [2.75, 3.05) is 4.90 Å². The van der Waals surface area contributed by atoms with Gasteiger partial charge in [0, 0.05) is 32.8 Å². The molecular weight excluding hydrogens is 671 g/mol. The lowest BCUT2D eigenvalue weighted by Crippen LogP contribution is -2.11. The molecule has 0 fully saturated rings. The van der Waals surface area contributed by atoms with E-state index in [1.807, 2.05) is 18.2 Å². The van der Waals surface area contributed by atoms with Crippen LogP contribution >= 0.6 is 0 Å². The Morgan fingerprint density at radius 2 is 0.927 bits per heavy atom. The summed E-state index contributed by atoms with van der Waals surface area (Å²) in [6, 6.07) is 70.9. The van der Waals surface area contributed by atoms with Gasteiger partial charge < -0.3 is 13.7 Å². The summed E-state index contributed by atoms with van der Waals surface area (Å²) in [6.07, 6.45) is 0. The van der Waals surface area contributed by atoms with Gasteiger partial charge in [0.2, 0.25) is 0 Å². The Balaban J connectivity index is 1.08. The highest BCUT2D eigenvalue weighted by molar-refractivity contribution is 6.16. The van der Waals surface area contributed by atoms with Crippen LogP contribution < -0.4 is 4.90 Å². The van der Waals surface area contributed by atoms with Gasteiger partial charge in [-0.15, -0.1) is 0 Å². The lowest BCUT2D eigenvalue weighted by molar-refractivity contribution is 0.669. The molecule has 2 heterocycles. The molecule has 0 aliphatic rings. The molecule has 3 nitrogen and oxygen atoms in total. The van der Waals surface area contributed by atoms with E-state index in [-0.39, 0.29) is 0 Å². The van der Waals surface area contributed by atoms with Crippen molar-refractivity contribution >= 4 is 71.7 Å². The molecule has 258 valence electrons. The minimum absolute atomic E-state index is 0.863. The SMILES string of the molecule is c1ccc(-c2ccc(N(c3ccc(-c4ccc5oc6c(-c7ccccc7)cccc6c5c4)cc3)c3cccc4oc5ccccc5c34)c3ccccc23)cc1. The average molecular weight is 704 g/mol. The zero-order valence-corrected chi connectivity index (χ0v) is 29.8. The lowest BCUT2D eigenvalue weighted by atomic mass is 9.96. The van der Waals surface area contributed by atoms with E-state index in [4.69, 9.17) is 8.83 Å². The number of anilines is 3. The van der Waals surface area contributed by atoms with E-state index in [0.29, 0.717) is 0 Å². The number of para-hydroxylation sites is 2. The van der Waals surface area contributed by atoms with Gasteiger partial charge in [-0.2, -0.15) is 0 Å². The number of nitrogens with zero attached hydrogens (tertiary/aromatic N) is 1. The van der Waals surface area contributed by atoms with Crippen molar-refractivity contribution in [3.05, 3.63) is 200 Å². The quantitative estimate of drug-likeness (QED) is 0.173. The molecule has 0 amide bonds. The maximum atomic E-state index is 6.49. The van der Waals surface area contributed by atoms with Gasteiger partial charge in [0.25, 0.3) is 0 Å². The van der Waals surface area contributed by atoms with E-state index in [0.717, 1.165) is 83.2 Å². The summed E-state index contributed by atoms with van der Waals surface area (Å²) in [7, 11) is 0. The van der Waals surface area contributed by atoms with Crippen LogP contribution in [-0.4, -0.2) is 0 Å². The monoisotopic (exact) mass is 703 g/mol. The number of benzene rings is 9. The minimum atomic E-state index is 0.863. The number of rotatable bonds is 6. The molecule has 0 aliphatic carbocycles. The van der Waals surface area contributed by atoms with Crippen LogP contribution in [0.15, 0.2) is 209 Å². The Bertz CT molecular complexity index is 3190. The number of hydrogen-bond acceptors (Lipinski definition) is 3. The molecule has 0 N–H and O–H groups in total. The third-order valence-electron chi connectivity index (χ3n) is 10.9. The fraction of sp³-hybridized carbons (Fsp3) is 0. The fourth-order valence-corrected chi connectivity index (χ4v) is 8.32. The molecule has 0 saturated heterocycles. The van der Waals surface area contributed by atoms with Crippen LogP contribution in [0.3, 0.4) is 0 Å². The zero-order chi connectivity index (χ0) is 36.3. The van der Waals surface area contributed by atoms with E-state index in [1.54, 1.807) is 0 Å². The second-order valence-corrected chi connectivity index (χ2v) is 14.0. The molecule has 0 saturated carbocycles. The number of furan rings is 2. The van der Waals surface area contributed by atoms with Crippen LogP contribution in [-0.2, 0) is 0 Å². The Kier molecular flexibility index (Phi) is 7.17. The smallest absolute Gasteiger partial charge is 0.143 e. The van der Waals surface area contributed by atoms with Crippen LogP contribution in [0.1, 0.15) is 0 Å². The second-order valence-electron chi connectivity index (χ2n) is 14.0. The molecule has 0 atom stereocenters. The number of fused-ring (bicyclic) bond motifs is 7. The van der Waals surface area contributed by atoms with Gasteiger partial charge in [0.15, 0.2) is 0 Å². The predicted octanol–water partition coefficient (Wildman–Crippen LogP) is 15.1. The van der Waals surface area contributed by atoms with E-state index in [1.165, 1.54) is 21.9 Å². The highest BCUT2D eigenvalue weighted by Crippen LogP contribution is 2.47. The Morgan fingerprint density at radius 1 is 0.309 bits per heavy atom. The second kappa shape index (κ2) is 12.6. The third-order valence-corrected chi connectivity index (χ3v) is 10.9. The first kappa shape index (κ1) is 31.2. The zero-order valence-electron chi connectivity index (χ0n) is 29.8. The van der Waals surface area contributed by atoms with Gasteiger partial charge in [-0.25, -0.2) is 0 Å². The van der Waals surface area contributed by atoms with Crippen LogP contribution in [0.2, 0.25) is 0 Å². The molecule has 2 aromatic heterocycles. The maximum Gasteiger partial charge on any atom is 0.143 e. The first-order valence-corrected chi connectivity index (χ1v) is 18.7. The summed E-state index contributed by atoms with van der Waals surface area (Å²) >= 11 is 0. The molecule has 0 aliphatic heterocycles. The fourth-order valence-electron chi connectivity index (χ4n) is 8.32. The van der Waals surface area contributed by atoms with E-state index in [2.05, 4.69) is 187 Å². The number of hydrogen-bond donors (Lipinski definition) is 0. The van der Waals surface area contributed by atoms with Crippen molar-refractivity contribution in [2.45, 2.75) is 0 Å². The maximum absolute atomic E-state index is 6.49. The molecule has 11 aromatic rings. The topological polar surface area (TPSA) is 29.5 Å². The Morgan fingerprint density at radius 3 is 1.73 bits per heavy atom. The van der Waals surface area contributed by atoms with E-state index in [9.17, 15) is 0 Å². The van der Waals surface area contributed by atoms with E-state index >= 15 is 0 Å². The summed E-state index contributed by atoms with van der Waals surface area (Å²) in [5, 5.41) is 6.78. The molecule has 0 unspecified atom stereocenters.